The van der Waals surface area contributed by atoms with Gasteiger partial charge in [-0.15, -0.1) is 0 Å². The highest BCUT2D eigenvalue weighted by Gasteiger charge is 2.31. The summed E-state index contributed by atoms with van der Waals surface area (Å²) < 4.78 is 13.1. The molecule has 1 saturated heterocycles. The molecule has 1 fully saturated rings. The Kier molecular flexibility index (Phi) is 8.51. The van der Waals surface area contributed by atoms with Crippen LogP contribution in [0, 0.1) is 6.92 Å². The molecular weight excluding hydrogens is 484 g/mol. The van der Waals surface area contributed by atoms with E-state index < -0.39 is 6.09 Å². The van der Waals surface area contributed by atoms with E-state index in [-0.39, 0.29) is 17.9 Å². The highest BCUT2D eigenvalue weighted by atomic mass is 16.6. The Hall–Kier alpha value is -3.66. The van der Waals surface area contributed by atoms with Gasteiger partial charge in [-0.05, 0) is 52.9 Å². The minimum atomic E-state index is -0.513. The summed E-state index contributed by atoms with van der Waals surface area (Å²) in [5.74, 6) is 1.67. The van der Waals surface area contributed by atoms with Gasteiger partial charge in [0.05, 0.1) is 36.2 Å². The van der Waals surface area contributed by atoms with E-state index in [1.54, 1.807) is 19.4 Å². The first-order valence-electron chi connectivity index (χ1n) is 13.1. The van der Waals surface area contributed by atoms with Gasteiger partial charge in [-0.1, -0.05) is 19.4 Å². The van der Waals surface area contributed by atoms with Crippen LogP contribution in [-0.4, -0.2) is 83.1 Å². The van der Waals surface area contributed by atoms with Crippen LogP contribution in [0.4, 0.5) is 10.5 Å². The van der Waals surface area contributed by atoms with Gasteiger partial charge in [-0.3, -0.25) is 19.5 Å². The third-order valence-corrected chi connectivity index (χ3v) is 6.84. The van der Waals surface area contributed by atoms with E-state index in [0.717, 1.165) is 47.6 Å². The quantitative estimate of drug-likeness (QED) is 0.446. The molecule has 204 valence electrons. The molecule has 1 aromatic carbocycles. The van der Waals surface area contributed by atoms with Crippen molar-refractivity contribution < 1.29 is 19.1 Å². The van der Waals surface area contributed by atoms with Crippen LogP contribution in [0.1, 0.15) is 50.5 Å². The lowest BCUT2D eigenvalue weighted by Crippen LogP contribution is -2.36. The van der Waals surface area contributed by atoms with E-state index in [4.69, 9.17) is 14.5 Å². The van der Waals surface area contributed by atoms with Crippen molar-refractivity contribution in [1.82, 2.24) is 24.2 Å². The summed E-state index contributed by atoms with van der Waals surface area (Å²) in [6.45, 7) is 7.64. The maximum Gasteiger partial charge on any atom is 0.412 e. The Morgan fingerprint density at radius 2 is 2.08 bits per heavy atom. The zero-order valence-electron chi connectivity index (χ0n) is 23.2. The second-order valence-corrected chi connectivity index (χ2v) is 10.2. The summed E-state index contributed by atoms with van der Waals surface area (Å²) in [6, 6.07) is 5.58. The molecule has 0 aliphatic carbocycles. The molecule has 2 amide bonds. The van der Waals surface area contributed by atoms with E-state index in [1.165, 1.54) is 0 Å². The number of likely N-dealkylation sites (tertiary alicyclic amines) is 1. The van der Waals surface area contributed by atoms with E-state index in [9.17, 15) is 9.59 Å². The predicted molar refractivity (Wildman–Crippen MR) is 147 cm³/mol. The monoisotopic (exact) mass is 522 g/mol. The Morgan fingerprint density at radius 3 is 2.79 bits per heavy atom. The van der Waals surface area contributed by atoms with Crippen molar-refractivity contribution in [3.8, 4) is 17.0 Å². The first-order valence-corrected chi connectivity index (χ1v) is 13.1. The van der Waals surface area contributed by atoms with Gasteiger partial charge in [0.1, 0.15) is 17.7 Å². The Bertz CT molecular complexity index is 1300. The summed E-state index contributed by atoms with van der Waals surface area (Å²) in [4.78, 5) is 38.4. The highest BCUT2D eigenvalue weighted by Crippen LogP contribution is 2.36. The first-order chi connectivity index (χ1) is 18.2. The molecule has 0 radical (unpaired) electrons. The fraction of sp³-hybridized carbons (Fsp3) is 0.500. The summed E-state index contributed by atoms with van der Waals surface area (Å²) in [5.41, 5.74) is 3.92. The third kappa shape index (κ3) is 5.91. The van der Waals surface area contributed by atoms with Crippen molar-refractivity contribution in [3.63, 3.8) is 0 Å². The number of anilines is 1. The van der Waals surface area contributed by atoms with E-state index in [1.807, 2.05) is 56.1 Å². The van der Waals surface area contributed by atoms with Gasteiger partial charge < -0.3 is 19.3 Å². The largest absolute Gasteiger partial charge is 0.495 e. The lowest BCUT2D eigenvalue weighted by molar-refractivity contribution is -0.130. The molecule has 4 rings (SSSR count). The Labute approximate surface area is 223 Å². The number of imidazole rings is 1. The number of methoxy groups -OCH3 is 1. The van der Waals surface area contributed by atoms with Crippen molar-refractivity contribution >= 4 is 23.2 Å². The van der Waals surface area contributed by atoms with Crippen LogP contribution in [0.15, 0.2) is 30.6 Å². The number of aryl methyl sites for hydroxylation is 1. The fourth-order valence-electron chi connectivity index (χ4n) is 5.01. The maximum absolute atomic E-state index is 12.6. The van der Waals surface area contributed by atoms with Gasteiger partial charge in [-0.25, -0.2) is 9.78 Å². The molecule has 0 spiro atoms. The Morgan fingerprint density at radius 1 is 1.29 bits per heavy atom. The summed E-state index contributed by atoms with van der Waals surface area (Å²) in [5, 5.41) is 2.79. The van der Waals surface area contributed by atoms with Crippen LogP contribution >= 0.6 is 0 Å². The minimum absolute atomic E-state index is 0.117. The molecule has 1 N–H and O–H groups in total. The average molecular weight is 523 g/mol. The number of amides is 2. The fourth-order valence-corrected chi connectivity index (χ4v) is 5.01. The molecule has 3 heterocycles. The van der Waals surface area contributed by atoms with Crippen molar-refractivity contribution in [3.05, 3.63) is 42.1 Å². The molecule has 3 aromatic rings. The van der Waals surface area contributed by atoms with Gasteiger partial charge in [0.15, 0.2) is 0 Å². The second kappa shape index (κ2) is 11.8. The maximum atomic E-state index is 12.6. The SMILES string of the molecule is CCC[C@H](C)OC(=O)Nc1ccc(-c2nc([C@@H]3CCN(C(=O)CN(C)C)C3)n3ccnc(C)c23)cc1OC. The average Bonchev–Trinajstić information content (AvgIpc) is 3.50. The van der Waals surface area contributed by atoms with Crippen molar-refractivity contribution in [2.24, 2.45) is 0 Å². The zero-order valence-corrected chi connectivity index (χ0v) is 23.2. The standard InChI is InChI=1S/C28H38N6O4/c1-7-8-18(2)38-28(36)30-22-10-9-20(15-23(22)37-6)25-26-19(3)29-12-14-34(26)27(31-25)21-11-13-33(16-21)24(35)17-32(4)5/h9-10,12,14-15,18,21H,7-8,11,13,16-17H2,1-6H3,(H,30,36)/t18-,21+/m0/s1. The normalized spacial score (nSPS) is 16.2. The van der Waals surface area contributed by atoms with Gasteiger partial charge in [0, 0.05) is 37.0 Å². The van der Waals surface area contributed by atoms with Gasteiger partial charge in [-0.2, -0.15) is 0 Å². The molecule has 2 atom stereocenters. The van der Waals surface area contributed by atoms with Crippen LogP contribution in [0.25, 0.3) is 16.8 Å². The molecular formula is C28H38N6O4. The molecule has 10 nitrogen and oxygen atoms in total. The lowest BCUT2D eigenvalue weighted by Gasteiger charge is -2.18. The number of fused-ring (bicyclic) bond motifs is 1. The van der Waals surface area contributed by atoms with Crippen LogP contribution in [0.5, 0.6) is 5.75 Å². The summed E-state index contributed by atoms with van der Waals surface area (Å²) in [6.07, 6.45) is 5.62. The molecule has 0 unspecified atom stereocenters. The van der Waals surface area contributed by atoms with E-state index >= 15 is 0 Å². The van der Waals surface area contributed by atoms with Crippen molar-refractivity contribution in [2.45, 2.75) is 52.1 Å². The number of likely N-dealkylation sites (N-methyl/N-ethyl adjacent to an activating group) is 1. The van der Waals surface area contributed by atoms with Crippen molar-refractivity contribution in [1.29, 1.82) is 0 Å². The second-order valence-electron chi connectivity index (χ2n) is 10.2. The Balaban J connectivity index is 1.64. The van der Waals surface area contributed by atoms with E-state index in [2.05, 4.69) is 21.6 Å². The summed E-state index contributed by atoms with van der Waals surface area (Å²) in [7, 11) is 5.37. The number of carbonyl (C=O) groups excluding carboxylic acids is 2. The molecule has 38 heavy (non-hydrogen) atoms. The van der Waals surface area contributed by atoms with Gasteiger partial charge in [0.2, 0.25) is 5.91 Å². The third-order valence-electron chi connectivity index (χ3n) is 6.84. The number of rotatable bonds is 9. The molecule has 2 aromatic heterocycles. The predicted octanol–water partition coefficient (Wildman–Crippen LogP) is 4.33. The lowest BCUT2D eigenvalue weighted by atomic mass is 10.1. The number of hydrogen-bond donors (Lipinski definition) is 1. The molecule has 1 aliphatic rings. The molecule has 0 saturated carbocycles. The number of aromatic nitrogens is 3. The number of benzene rings is 1. The number of hydrogen-bond acceptors (Lipinski definition) is 7. The smallest absolute Gasteiger partial charge is 0.412 e. The number of nitrogens with one attached hydrogen (secondary N) is 1. The van der Waals surface area contributed by atoms with Gasteiger partial charge in [0.25, 0.3) is 0 Å². The number of nitrogens with zero attached hydrogens (tertiary/aromatic N) is 5. The molecule has 10 heteroatoms. The van der Waals surface area contributed by atoms with Crippen LogP contribution in [0.2, 0.25) is 0 Å². The van der Waals surface area contributed by atoms with E-state index in [0.29, 0.717) is 31.1 Å². The number of ether oxygens (including phenoxy) is 2. The number of carbonyl (C=O) groups is 2. The first kappa shape index (κ1) is 27.4. The van der Waals surface area contributed by atoms with Crippen molar-refractivity contribution in [2.75, 3.05) is 46.2 Å². The topological polar surface area (TPSA) is 101 Å². The van der Waals surface area contributed by atoms with Gasteiger partial charge >= 0.3 is 6.09 Å². The molecule has 0 bridgehead atoms. The van der Waals surface area contributed by atoms with Crippen LogP contribution in [-0.2, 0) is 9.53 Å². The summed E-state index contributed by atoms with van der Waals surface area (Å²) >= 11 is 0. The zero-order chi connectivity index (χ0) is 27.4. The molecule has 1 aliphatic heterocycles. The highest BCUT2D eigenvalue weighted by molar-refractivity contribution is 5.89. The van der Waals surface area contributed by atoms with Crippen LogP contribution < -0.4 is 10.1 Å². The van der Waals surface area contributed by atoms with Crippen LogP contribution in [0.3, 0.4) is 0 Å². The minimum Gasteiger partial charge on any atom is -0.495 e.